The number of anilines is 1. The molecular formula is C16H13ClF2N2O2. The van der Waals surface area contributed by atoms with Crippen molar-refractivity contribution in [2.45, 2.75) is 12.7 Å². The van der Waals surface area contributed by atoms with Crippen molar-refractivity contribution in [2.24, 2.45) is 0 Å². The molecule has 120 valence electrons. The summed E-state index contributed by atoms with van der Waals surface area (Å²) in [6, 6.07) is 12.5. The number of aliphatic hydroxyl groups excluding tert-OH is 1. The molecule has 0 saturated heterocycles. The summed E-state index contributed by atoms with van der Waals surface area (Å²) in [5.41, 5.74) is 1.44. The van der Waals surface area contributed by atoms with E-state index in [-0.39, 0.29) is 12.3 Å². The number of hydrogen-bond donors (Lipinski definition) is 2. The van der Waals surface area contributed by atoms with Crippen LogP contribution in [0.3, 0.4) is 0 Å². The third-order valence-electron chi connectivity index (χ3n) is 3.08. The van der Waals surface area contributed by atoms with Crippen LogP contribution in [0.2, 0.25) is 5.02 Å². The monoisotopic (exact) mass is 338 g/mol. The van der Waals surface area contributed by atoms with E-state index in [1.807, 2.05) is 6.07 Å². The lowest BCUT2D eigenvalue weighted by atomic mass is 10.1. The highest BCUT2D eigenvalue weighted by molar-refractivity contribution is 6.30. The van der Waals surface area contributed by atoms with Gasteiger partial charge in [-0.25, -0.2) is 0 Å². The molecule has 0 fully saturated rings. The second kappa shape index (κ2) is 7.77. The average Bonchev–Trinajstić information content (AvgIpc) is 2.53. The Balaban J connectivity index is 2.01. The largest absolute Gasteiger partial charge is 0.435 e. The fourth-order valence-corrected chi connectivity index (χ4v) is 2.13. The molecule has 2 aromatic carbocycles. The Labute approximate surface area is 136 Å². The second-order valence-electron chi connectivity index (χ2n) is 4.65. The van der Waals surface area contributed by atoms with Crippen LogP contribution in [0.1, 0.15) is 17.2 Å². The Kier molecular flexibility index (Phi) is 5.74. The molecule has 0 spiro atoms. The van der Waals surface area contributed by atoms with Crippen LogP contribution in [0, 0.1) is 11.3 Å². The van der Waals surface area contributed by atoms with Gasteiger partial charge in [-0.1, -0.05) is 23.7 Å². The molecule has 2 N–H and O–H groups in total. The molecular weight excluding hydrogens is 326 g/mol. The van der Waals surface area contributed by atoms with Crippen LogP contribution >= 0.6 is 11.6 Å². The SMILES string of the molecule is N#Cc1ccc(Cl)cc1NCC(O)c1ccc(OC(F)F)cc1. The van der Waals surface area contributed by atoms with Crippen LogP contribution in [0.5, 0.6) is 5.75 Å². The number of halogens is 3. The molecule has 2 rings (SSSR count). The smallest absolute Gasteiger partial charge is 0.387 e. The van der Waals surface area contributed by atoms with Gasteiger partial charge in [-0.2, -0.15) is 14.0 Å². The van der Waals surface area contributed by atoms with Gasteiger partial charge in [0, 0.05) is 11.6 Å². The van der Waals surface area contributed by atoms with Gasteiger partial charge in [0.05, 0.1) is 17.4 Å². The first kappa shape index (κ1) is 17.0. The van der Waals surface area contributed by atoms with E-state index in [2.05, 4.69) is 10.1 Å². The Hall–Kier alpha value is -2.36. The first-order valence-electron chi connectivity index (χ1n) is 6.66. The molecule has 0 saturated carbocycles. The molecule has 23 heavy (non-hydrogen) atoms. The predicted octanol–water partition coefficient (Wildman–Crippen LogP) is 3.96. The third kappa shape index (κ3) is 4.81. The predicted molar refractivity (Wildman–Crippen MR) is 82.7 cm³/mol. The number of aliphatic hydroxyl groups is 1. The molecule has 7 heteroatoms. The van der Waals surface area contributed by atoms with Crippen molar-refractivity contribution in [3.8, 4) is 11.8 Å². The highest BCUT2D eigenvalue weighted by atomic mass is 35.5. The van der Waals surface area contributed by atoms with Crippen molar-refractivity contribution in [3.63, 3.8) is 0 Å². The van der Waals surface area contributed by atoms with E-state index in [4.69, 9.17) is 16.9 Å². The van der Waals surface area contributed by atoms with Gasteiger partial charge in [0.2, 0.25) is 0 Å². The Morgan fingerprint density at radius 2 is 1.91 bits per heavy atom. The van der Waals surface area contributed by atoms with E-state index in [1.165, 1.54) is 24.3 Å². The highest BCUT2D eigenvalue weighted by Crippen LogP contribution is 2.23. The average molecular weight is 339 g/mol. The normalized spacial score (nSPS) is 11.8. The first-order valence-corrected chi connectivity index (χ1v) is 7.03. The van der Waals surface area contributed by atoms with Crippen LogP contribution in [-0.2, 0) is 0 Å². The van der Waals surface area contributed by atoms with Crippen LogP contribution < -0.4 is 10.1 Å². The quantitative estimate of drug-likeness (QED) is 0.836. The molecule has 0 radical (unpaired) electrons. The number of alkyl halides is 2. The molecule has 2 aromatic rings. The number of nitrogens with one attached hydrogen (secondary N) is 1. The van der Waals surface area contributed by atoms with E-state index in [9.17, 15) is 13.9 Å². The molecule has 0 aromatic heterocycles. The van der Waals surface area contributed by atoms with Gasteiger partial charge >= 0.3 is 6.61 Å². The maximum absolute atomic E-state index is 12.1. The van der Waals surface area contributed by atoms with Crippen LogP contribution in [-0.4, -0.2) is 18.3 Å². The zero-order chi connectivity index (χ0) is 16.8. The van der Waals surface area contributed by atoms with Crippen molar-refractivity contribution in [3.05, 3.63) is 58.6 Å². The van der Waals surface area contributed by atoms with Crippen molar-refractivity contribution >= 4 is 17.3 Å². The van der Waals surface area contributed by atoms with Crippen molar-refractivity contribution in [1.29, 1.82) is 5.26 Å². The van der Waals surface area contributed by atoms with Crippen molar-refractivity contribution < 1.29 is 18.6 Å². The van der Waals surface area contributed by atoms with E-state index >= 15 is 0 Å². The Morgan fingerprint density at radius 3 is 2.52 bits per heavy atom. The summed E-state index contributed by atoms with van der Waals surface area (Å²) in [4.78, 5) is 0. The van der Waals surface area contributed by atoms with Crippen LogP contribution in [0.15, 0.2) is 42.5 Å². The number of benzene rings is 2. The summed E-state index contributed by atoms with van der Waals surface area (Å²) >= 11 is 5.88. The number of nitriles is 1. The van der Waals surface area contributed by atoms with Crippen LogP contribution in [0.4, 0.5) is 14.5 Å². The van der Waals surface area contributed by atoms with Crippen molar-refractivity contribution in [2.75, 3.05) is 11.9 Å². The standard InChI is InChI=1S/C16H13ClF2N2O2/c17-12-4-1-11(8-20)14(7-12)21-9-15(22)10-2-5-13(6-3-10)23-16(18)19/h1-7,15-16,21-22H,9H2. The highest BCUT2D eigenvalue weighted by Gasteiger charge is 2.10. The van der Waals surface area contributed by atoms with Gasteiger partial charge < -0.3 is 15.2 Å². The minimum atomic E-state index is -2.89. The molecule has 1 atom stereocenters. The van der Waals surface area contributed by atoms with Crippen molar-refractivity contribution in [1.82, 2.24) is 0 Å². The van der Waals surface area contributed by atoms with Gasteiger partial charge in [-0.05, 0) is 35.9 Å². The minimum absolute atomic E-state index is 0.0190. The fraction of sp³-hybridized carbons (Fsp3) is 0.188. The van der Waals surface area contributed by atoms with Gasteiger partial charge in [-0.15, -0.1) is 0 Å². The Bertz CT molecular complexity index is 702. The lowest BCUT2D eigenvalue weighted by Gasteiger charge is -2.15. The summed E-state index contributed by atoms with van der Waals surface area (Å²) in [7, 11) is 0. The number of rotatable bonds is 6. The molecule has 0 aliphatic rings. The fourth-order valence-electron chi connectivity index (χ4n) is 1.96. The molecule has 0 heterocycles. The molecule has 0 aliphatic heterocycles. The van der Waals surface area contributed by atoms with E-state index < -0.39 is 12.7 Å². The van der Waals surface area contributed by atoms with Gasteiger partial charge in [-0.3, -0.25) is 0 Å². The molecule has 1 unspecified atom stereocenters. The lowest BCUT2D eigenvalue weighted by Crippen LogP contribution is -2.13. The van der Waals surface area contributed by atoms with Gasteiger partial charge in [0.25, 0.3) is 0 Å². The maximum Gasteiger partial charge on any atom is 0.387 e. The van der Waals surface area contributed by atoms with Gasteiger partial charge in [0.1, 0.15) is 11.8 Å². The number of hydrogen-bond acceptors (Lipinski definition) is 4. The summed E-state index contributed by atoms with van der Waals surface area (Å²) in [5, 5.41) is 22.6. The molecule has 0 aliphatic carbocycles. The summed E-state index contributed by atoms with van der Waals surface area (Å²) in [6.07, 6.45) is -0.888. The lowest BCUT2D eigenvalue weighted by molar-refractivity contribution is -0.0498. The maximum atomic E-state index is 12.1. The van der Waals surface area contributed by atoms with Gasteiger partial charge in [0.15, 0.2) is 0 Å². The topological polar surface area (TPSA) is 65.3 Å². The van der Waals surface area contributed by atoms with E-state index in [1.54, 1.807) is 18.2 Å². The first-order chi connectivity index (χ1) is 11.0. The molecule has 4 nitrogen and oxygen atoms in total. The minimum Gasteiger partial charge on any atom is -0.435 e. The third-order valence-corrected chi connectivity index (χ3v) is 3.31. The molecule has 0 bridgehead atoms. The van der Waals surface area contributed by atoms with E-state index in [0.29, 0.717) is 21.8 Å². The Morgan fingerprint density at radius 1 is 1.22 bits per heavy atom. The number of nitrogens with zero attached hydrogens (tertiary/aromatic N) is 1. The zero-order valence-corrected chi connectivity index (χ0v) is 12.6. The van der Waals surface area contributed by atoms with E-state index in [0.717, 1.165) is 0 Å². The van der Waals surface area contributed by atoms with Crippen LogP contribution in [0.25, 0.3) is 0 Å². The number of ether oxygens (including phenoxy) is 1. The zero-order valence-electron chi connectivity index (χ0n) is 11.8. The summed E-state index contributed by atoms with van der Waals surface area (Å²) in [6.45, 7) is -2.76. The molecule has 0 amide bonds. The summed E-state index contributed by atoms with van der Waals surface area (Å²) < 4.78 is 28.4. The second-order valence-corrected chi connectivity index (χ2v) is 5.08. The summed E-state index contributed by atoms with van der Waals surface area (Å²) in [5.74, 6) is 0.0190.